The molecule has 1 N–H and O–H groups in total. The largest absolute Gasteiger partial charge is 0.310 e. The molecular weight excluding hydrogens is 337 g/mol. The lowest BCUT2D eigenvalue weighted by Crippen LogP contribution is -2.20. The molecule has 0 fully saturated rings. The van der Waals surface area contributed by atoms with Crippen LogP contribution in [0.2, 0.25) is 0 Å². The monoisotopic (exact) mass is 353 g/mol. The Bertz CT molecular complexity index is 658. The van der Waals surface area contributed by atoms with Gasteiger partial charge in [0.25, 0.3) is 0 Å². The number of hydrogen-bond donors (Lipinski definition) is 1. The Morgan fingerprint density at radius 2 is 1.57 bits per heavy atom. The quantitative estimate of drug-likeness (QED) is 0.709. The summed E-state index contributed by atoms with van der Waals surface area (Å²) < 4.78 is 63.2. The lowest BCUT2D eigenvalue weighted by molar-refractivity contribution is 0.364. The summed E-state index contributed by atoms with van der Waals surface area (Å²) in [5.41, 5.74) is 1.32. The first-order valence-corrected chi connectivity index (χ1v) is 8.76. The van der Waals surface area contributed by atoms with Gasteiger partial charge in [0.05, 0.1) is 0 Å². The molecule has 1 heterocycles. The van der Waals surface area contributed by atoms with E-state index in [9.17, 15) is 19.4 Å². The van der Waals surface area contributed by atoms with Crippen LogP contribution in [-0.2, 0) is 6.54 Å². The van der Waals surface area contributed by atoms with Gasteiger partial charge in [-0.05, 0) is 24.1 Å². The number of hydrogen-bond acceptors (Lipinski definition) is 3. The van der Waals surface area contributed by atoms with Gasteiger partial charge in [0.2, 0.25) is 0 Å². The molecule has 1 aromatic carbocycles. The summed E-state index contributed by atoms with van der Waals surface area (Å²) in [6.07, 6.45) is 5.41. The molecule has 0 saturated carbocycles. The zero-order valence-corrected chi connectivity index (χ0v) is 13.0. The smallest absolute Gasteiger partial charge is 0.306 e. The Hall–Kier alpha value is -1.74. The molecular formula is C14H16F5N3S. The van der Waals surface area contributed by atoms with Gasteiger partial charge in [-0.1, -0.05) is 38.5 Å². The fourth-order valence-electron chi connectivity index (χ4n) is 2.09. The van der Waals surface area contributed by atoms with Gasteiger partial charge in [-0.15, -0.1) is 0 Å². The summed E-state index contributed by atoms with van der Waals surface area (Å²) in [4.78, 5) is 5.94. The fourth-order valence-corrected chi connectivity index (χ4v) is 2.74. The van der Waals surface area contributed by atoms with Crippen molar-refractivity contribution in [2.75, 3.05) is 0 Å². The van der Waals surface area contributed by atoms with Gasteiger partial charge in [0, 0.05) is 30.5 Å². The van der Waals surface area contributed by atoms with Crippen LogP contribution >= 0.6 is 10.2 Å². The second-order valence-electron chi connectivity index (χ2n) is 5.13. The molecule has 0 spiro atoms. The summed E-state index contributed by atoms with van der Waals surface area (Å²) in [6, 6.07) is 2.87. The molecule has 1 unspecified atom stereocenters. The van der Waals surface area contributed by atoms with E-state index in [-0.39, 0.29) is 12.6 Å². The predicted molar refractivity (Wildman–Crippen MR) is 79.7 cm³/mol. The van der Waals surface area contributed by atoms with Gasteiger partial charge in [0.1, 0.15) is 11.2 Å². The van der Waals surface area contributed by atoms with Crippen LogP contribution in [-0.4, -0.2) is 9.97 Å². The van der Waals surface area contributed by atoms with E-state index in [1.165, 1.54) is 6.33 Å². The Labute approximate surface area is 130 Å². The van der Waals surface area contributed by atoms with Gasteiger partial charge >= 0.3 is 10.2 Å². The zero-order valence-electron chi connectivity index (χ0n) is 12.2. The van der Waals surface area contributed by atoms with Crippen molar-refractivity contribution in [1.29, 1.82) is 0 Å². The van der Waals surface area contributed by atoms with E-state index in [0.29, 0.717) is 17.7 Å². The maximum Gasteiger partial charge on any atom is 0.310 e. The molecule has 0 aliphatic heterocycles. The van der Waals surface area contributed by atoms with Crippen LogP contribution in [0, 0.1) is 0 Å². The highest BCUT2D eigenvalue weighted by atomic mass is 32.5. The molecule has 0 aliphatic carbocycles. The van der Waals surface area contributed by atoms with Gasteiger partial charge in [-0.2, -0.15) is 0 Å². The Morgan fingerprint density at radius 3 is 2.04 bits per heavy atom. The van der Waals surface area contributed by atoms with E-state index in [1.807, 2.05) is 6.92 Å². The summed E-state index contributed by atoms with van der Waals surface area (Å²) >= 11 is 0. The van der Waals surface area contributed by atoms with Crippen LogP contribution in [0.15, 0.2) is 47.9 Å². The molecule has 0 aliphatic rings. The molecule has 0 amide bonds. The number of nitrogens with one attached hydrogen (secondary N) is 1. The van der Waals surface area contributed by atoms with E-state index >= 15 is 0 Å². The first-order chi connectivity index (χ1) is 10.5. The van der Waals surface area contributed by atoms with E-state index < -0.39 is 15.1 Å². The lowest BCUT2D eigenvalue weighted by Gasteiger charge is -2.40. The van der Waals surface area contributed by atoms with Crippen molar-refractivity contribution in [2.24, 2.45) is 0 Å². The highest BCUT2D eigenvalue weighted by Gasteiger charge is 2.65. The molecule has 0 radical (unpaired) electrons. The number of benzene rings is 1. The molecule has 1 aromatic heterocycles. The molecule has 3 nitrogen and oxygen atoms in total. The third-order valence-electron chi connectivity index (χ3n) is 3.31. The van der Waals surface area contributed by atoms with Crippen molar-refractivity contribution in [3.63, 3.8) is 0 Å². The minimum absolute atomic E-state index is 0.0773. The number of nitrogens with zero attached hydrogens (tertiary/aromatic N) is 2. The predicted octanol–water partition coefficient (Wildman–Crippen LogP) is 5.37. The topological polar surface area (TPSA) is 37.8 Å². The Morgan fingerprint density at radius 1 is 1.00 bits per heavy atom. The third-order valence-corrected chi connectivity index (χ3v) is 4.48. The van der Waals surface area contributed by atoms with Crippen LogP contribution in [0.5, 0.6) is 0 Å². The summed E-state index contributed by atoms with van der Waals surface area (Å²) in [7, 11) is -9.60. The average Bonchev–Trinajstić information content (AvgIpc) is 2.47. The zero-order chi connectivity index (χ0) is 17.2. The van der Waals surface area contributed by atoms with Crippen molar-refractivity contribution in [1.82, 2.24) is 15.3 Å². The number of rotatable bonds is 6. The van der Waals surface area contributed by atoms with Gasteiger partial charge < -0.3 is 5.32 Å². The molecule has 9 heteroatoms. The summed E-state index contributed by atoms with van der Waals surface area (Å²) in [5, 5.41) is 3.14. The fraction of sp³-hybridized carbons (Fsp3) is 0.286. The second-order valence-corrected chi connectivity index (χ2v) is 7.54. The SMILES string of the molecule is CCC(NCc1ccc(S(F)(F)(F)(F)F)cc1)c1cncnc1. The molecule has 0 bridgehead atoms. The van der Waals surface area contributed by atoms with Crippen LogP contribution in [0.3, 0.4) is 0 Å². The summed E-state index contributed by atoms with van der Waals surface area (Å²) in [5.74, 6) is 0. The first kappa shape index (κ1) is 17.6. The van der Waals surface area contributed by atoms with Crippen LogP contribution < -0.4 is 5.32 Å². The van der Waals surface area contributed by atoms with E-state index in [2.05, 4.69) is 15.3 Å². The van der Waals surface area contributed by atoms with Crippen molar-refractivity contribution in [3.05, 3.63) is 54.1 Å². The maximum absolute atomic E-state index is 12.6. The third kappa shape index (κ3) is 4.87. The number of aromatic nitrogens is 2. The minimum atomic E-state index is -9.60. The average molecular weight is 353 g/mol. The van der Waals surface area contributed by atoms with Crippen molar-refractivity contribution >= 4 is 10.2 Å². The van der Waals surface area contributed by atoms with Gasteiger partial charge in [-0.3, -0.25) is 0 Å². The molecule has 1 atom stereocenters. The van der Waals surface area contributed by atoms with E-state index in [0.717, 1.165) is 24.1 Å². The molecule has 2 rings (SSSR count). The molecule has 2 aromatic rings. The highest BCUT2D eigenvalue weighted by molar-refractivity contribution is 8.45. The van der Waals surface area contributed by atoms with Crippen LogP contribution in [0.4, 0.5) is 19.4 Å². The second kappa shape index (κ2) is 5.41. The number of halogens is 5. The van der Waals surface area contributed by atoms with Crippen LogP contribution in [0.25, 0.3) is 0 Å². The van der Waals surface area contributed by atoms with Crippen molar-refractivity contribution in [3.8, 4) is 0 Å². The Balaban J connectivity index is 2.08. The van der Waals surface area contributed by atoms with Crippen molar-refractivity contribution in [2.45, 2.75) is 30.8 Å². The van der Waals surface area contributed by atoms with E-state index in [4.69, 9.17) is 0 Å². The lowest BCUT2D eigenvalue weighted by atomic mass is 10.1. The highest BCUT2D eigenvalue weighted by Crippen LogP contribution is 3.02. The molecule has 0 saturated heterocycles. The van der Waals surface area contributed by atoms with Gasteiger partial charge in [0.15, 0.2) is 0 Å². The van der Waals surface area contributed by atoms with Crippen LogP contribution in [0.1, 0.15) is 30.5 Å². The molecule has 23 heavy (non-hydrogen) atoms. The van der Waals surface area contributed by atoms with E-state index in [1.54, 1.807) is 12.4 Å². The van der Waals surface area contributed by atoms with Crippen molar-refractivity contribution < 1.29 is 19.4 Å². The molecule has 128 valence electrons. The normalized spacial score (nSPS) is 16.4. The standard InChI is InChI=1S/C14H16F5N3S/c1-2-14(12-8-20-10-21-9-12)22-7-11-3-5-13(6-4-11)23(15,16,17,18)19/h3-6,8-10,14,22H,2,7H2,1H3. The maximum atomic E-state index is 12.6. The minimum Gasteiger partial charge on any atom is -0.306 e. The first-order valence-electron chi connectivity index (χ1n) is 6.81. The Kier molecular flexibility index (Phi) is 4.15. The summed E-state index contributed by atoms with van der Waals surface area (Å²) in [6.45, 7) is 2.18. The van der Waals surface area contributed by atoms with Gasteiger partial charge in [-0.25, -0.2) is 9.97 Å².